The number of aliphatic hydroxyl groups is 4. The minimum Gasteiger partial charge on any atom is -0.393 e. The number of hydrogen-bond acceptors (Lipinski definition) is 4. The summed E-state index contributed by atoms with van der Waals surface area (Å²) in [5, 5.41) is 44.2. The molecule has 4 rings (SSSR count). The van der Waals surface area contributed by atoms with Crippen molar-refractivity contribution in [1.29, 1.82) is 0 Å². The van der Waals surface area contributed by atoms with Crippen molar-refractivity contribution in [2.45, 2.75) is 116 Å². The summed E-state index contributed by atoms with van der Waals surface area (Å²) in [7, 11) is 0. The molecule has 4 N–H and O–H groups in total. The fourth-order valence-corrected chi connectivity index (χ4v) is 9.21. The Bertz CT molecular complexity index is 720. The van der Waals surface area contributed by atoms with Crippen LogP contribution in [0.4, 0.5) is 0 Å². The van der Waals surface area contributed by atoms with Crippen LogP contribution in [0.3, 0.4) is 0 Å². The molecular formula is C28H48O4. The van der Waals surface area contributed by atoms with Crippen LogP contribution >= 0.6 is 0 Å². The van der Waals surface area contributed by atoms with E-state index in [-0.39, 0.29) is 17.8 Å². The lowest BCUT2D eigenvalue weighted by Crippen LogP contribution is -2.72. The molecule has 11 atom stereocenters. The third-order valence-corrected chi connectivity index (χ3v) is 11.4. The number of hydrogen-bond donors (Lipinski definition) is 4. The first-order valence-electron chi connectivity index (χ1n) is 13.3. The van der Waals surface area contributed by atoms with Crippen molar-refractivity contribution in [1.82, 2.24) is 0 Å². The molecule has 4 fully saturated rings. The monoisotopic (exact) mass is 448 g/mol. The van der Waals surface area contributed by atoms with Gasteiger partial charge in [-0.05, 0) is 92.3 Å². The predicted molar refractivity (Wildman–Crippen MR) is 128 cm³/mol. The molecule has 0 saturated heterocycles. The average molecular weight is 449 g/mol. The third kappa shape index (κ3) is 3.46. The van der Waals surface area contributed by atoms with Gasteiger partial charge < -0.3 is 20.4 Å². The summed E-state index contributed by atoms with van der Waals surface area (Å²) in [6, 6.07) is 0. The van der Waals surface area contributed by atoms with Crippen LogP contribution in [0.5, 0.6) is 0 Å². The molecule has 0 heterocycles. The van der Waals surface area contributed by atoms with Gasteiger partial charge >= 0.3 is 0 Å². The van der Waals surface area contributed by atoms with Gasteiger partial charge in [-0.25, -0.2) is 0 Å². The molecule has 4 aliphatic rings. The summed E-state index contributed by atoms with van der Waals surface area (Å²) in [5.74, 6) is 2.98. The van der Waals surface area contributed by atoms with E-state index in [2.05, 4.69) is 34.3 Å². The highest BCUT2D eigenvalue weighted by Gasteiger charge is 2.70. The number of rotatable bonds is 5. The Labute approximate surface area is 195 Å². The molecule has 0 aromatic rings. The third-order valence-electron chi connectivity index (χ3n) is 11.4. The normalized spacial score (nSPS) is 51.6. The van der Waals surface area contributed by atoms with Crippen LogP contribution in [0.1, 0.15) is 92.4 Å². The Morgan fingerprint density at radius 3 is 2.31 bits per heavy atom. The van der Waals surface area contributed by atoms with Gasteiger partial charge in [0.05, 0.1) is 18.3 Å². The van der Waals surface area contributed by atoms with Gasteiger partial charge in [0.2, 0.25) is 0 Å². The summed E-state index contributed by atoms with van der Waals surface area (Å²) in [6.07, 6.45) is 5.55. The maximum Gasteiger partial charge on any atom is 0.101 e. The van der Waals surface area contributed by atoms with Crippen LogP contribution < -0.4 is 0 Å². The van der Waals surface area contributed by atoms with E-state index >= 15 is 0 Å². The SMILES string of the molecule is C=C(CC[C@@H](C)[C@H]1CC[C@H]2[C@@H]3C[C@@H](O)[C@@]4(O)C[C@@H](O)C[C@@H](O)[C@]4(C)[C@H]3CC[C@]12C)C(C)C. The highest BCUT2D eigenvalue weighted by molar-refractivity contribution is 5.19. The highest BCUT2D eigenvalue weighted by atomic mass is 16.4. The van der Waals surface area contributed by atoms with Crippen LogP contribution in [-0.2, 0) is 0 Å². The molecule has 0 aromatic carbocycles. The Kier molecular flexibility index (Phi) is 6.45. The standard InChI is InChI=1S/C28H48O4/c1-16(2)17(3)7-8-18(4)21-9-10-22-20-14-25(31)28(32)15-19(29)13-24(30)27(28,6)23(20)11-12-26(21,22)5/h16,18-25,29-32H,3,7-15H2,1-2,4-6H3/t18-,19+,20+,21-,22+,23+,24-,25-,26-,27+,28+/m1/s1. The quantitative estimate of drug-likeness (QED) is 0.460. The molecule has 4 aliphatic carbocycles. The van der Waals surface area contributed by atoms with Crippen LogP contribution in [-0.4, -0.2) is 44.3 Å². The molecule has 4 heteroatoms. The van der Waals surface area contributed by atoms with Gasteiger partial charge in [0.1, 0.15) is 5.60 Å². The minimum absolute atomic E-state index is 0.173. The minimum atomic E-state index is -1.40. The lowest BCUT2D eigenvalue weighted by molar-refractivity contribution is -0.294. The van der Waals surface area contributed by atoms with Gasteiger partial charge in [-0.2, -0.15) is 0 Å². The van der Waals surface area contributed by atoms with E-state index in [0.717, 1.165) is 19.3 Å². The van der Waals surface area contributed by atoms with Crippen LogP contribution in [0.15, 0.2) is 12.2 Å². The lowest BCUT2D eigenvalue weighted by Gasteiger charge is -2.66. The van der Waals surface area contributed by atoms with Gasteiger partial charge in [0, 0.05) is 11.8 Å². The molecule has 184 valence electrons. The molecule has 0 aliphatic heterocycles. The van der Waals surface area contributed by atoms with Crippen molar-refractivity contribution in [2.75, 3.05) is 0 Å². The zero-order chi connectivity index (χ0) is 23.6. The summed E-state index contributed by atoms with van der Waals surface area (Å²) in [6.45, 7) is 15.7. The van der Waals surface area contributed by atoms with Crippen molar-refractivity contribution in [3.63, 3.8) is 0 Å². The predicted octanol–water partition coefficient (Wildman–Crippen LogP) is 4.69. The zero-order valence-electron chi connectivity index (χ0n) is 21.1. The van der Waals surface area contributed by atoms with Gasteiger partial charge in [0.25, 0.3) is 0 Å². The van der Waals surface area contributed by atoms with E-state index in [1.54, 1.807) is 0 Å². The number of fused-ring (bicyclic) bond motifs is 5. The second kappa shape index (κ2) is 8.36. The van der Waals surface area contributed by atoms with E-state index in [1.165, 1.54) is 24.8 Å². The van der Waals surface area contributed by atoms with Crippen LogP contribution in [0.25, 0.3) is 0 Å². The van der Waals surface area contributed by atoms with E-state index in [4.69, 9.17) is 0 Å². The average Bonchev–Trinajstić information content (AvgIpc) is 3.06. The molecule has 0 spiro atoms. The van der Waals surface area contributed by atoms with E-state index in [0.29, 0.717) is 42.4 Å². The van der Waals surface area contributed by atoms with Crippen LogP contribution in [0, 0.1) is 46.3 Å². The van der Waals surface area contributed by atoms with Crippen LogP contribution in [0.2, 0.25) is 0 Å². The first-order chi connectivity index (χ1) is 14.9. The Morgan fingerprint density at radius 2 is 1.66 bits per heavy atom. The highest BCUT2D eigenvalue weighted by Crippen LogP contribution is 2.69. The molecule has 0 aromatic heterocycles. The zero-order valence-corrected chi connectivity index (χ0v) is 21.1. The van der Waals surface area contributed by atoms with E-state index < -0.39 is 29.3 Å². The maximum absolute atomic E-state index is 11.6. The van der Waals surface area contributed by atoms with Gasteiger partial charge in [-0.15, -0.1) is 0 Å². The van der Waals surface area contributed by atoms with Crippen molar-refractivity contribution in [2.24, 2.45) is 46.3 Å². The van der Waals surface area contributed by atoms with Crippen molar-refractivity contribution in [3.05, 3.63) is 12.2 Å². The summed E-state index contributed by atoms with van der Waals surface area (Å²) >= 11 is 0. The summed E-state index contributed by atoms with van der Waals surface area (Å²) in [4.78, 5) is 0. The molecule has 4 saturated carbocycles. The smallest absolute Gasteiger partial charge is 0.101 e. The van der Waals surface area contributed by atoms with Crippen molar-refractivity contribution in [3.8, 4) is 0 Å². The molecule has 0 amide bonds. The molecule has 0 bridgehead atoms. The van der Waals surface area contributed by atoms with Crippen molar-refractivity contribution >= 4 is 0 Å². The van der Waals surface area contributed by atoms with Gasteiger partial charge in [0.15, 0.2) is 0 Å². The van der Waals surface area contributed by atoms with Crippen molar-refractivity contribution < 1.29 is 20.4 Å². The van der Waals surface area contributed by atoms with Gasteiger partial charge in [-0.1, -0.05) is 46.8 Å². The Balaban J connectivity index is 1.56. The number of aliphatic hydroxyl groups excluding tert-OH is 3. The number of allylic oxidation sites excluding steroid dienone is 1. The topological polar surface area (TPSA) is 80.9 Å². The molecular weight excluding hydrogens is 400 g/mol. The Hall–Kier alpha value is -0.420. The maximum atomic E-state index is 11.6. The molecule has 4 nitrogen and oxygen atoms in total. The molecule has 32 heavy (non-hydrogen) atoms. The summed E-state index contributed by atoms with van der Waals surface area (Å²) in [5.41, 5.74) is -0.531. The summed E-state index contributed by atoms with van der Waals surface area (Å²) < 4.78 is 0. The van der Waals surface area contributed by atoms with Gasteiger partial charge in [-0.3, -0.25) is 0 Å². The fraction of sp³-hybridized carbons (Fsp3) is 0.929. The second-order valence-electron chi connectivity index (χ2n) is 13.0. The largest absolute Gasteiger partial charge is 0.393 e. The van der Waals surface area contributed by atoms with E-state index in [1.807, 2.05) is 6.92 Å². The fourth-order valence-electron chi connectivity index (χ4n) is 9.21. The molecule has 0 unspecified atom stereocenters. The molecule has 0 radical (unpaired) electrons. The first kappa shape index (κ1) is 24.7. The lowest BCUT2D eigenvalue weighted by atomic mass is 9.41. The van der Waals surface area contributed by atoms with E-state index in [9.17, 15) is 20.4 Å². The second-order valence-corrected chi connectivity index (χ2v) is 13.0. The Morgan fingerprint density at radius 1 is 0.969 bits per heavy atom. The first-order valence-corrected chi connectivity index (χ1v) is 13.3.